The van der Waals surface area contributed by atoms with E-state index in [1.165, 1.54) is 0 Å². The van der Waals surface area contributed by atoms with Gasteiger partial charge in [0.2, 0.25) is 0 Å². The molecular formula is C23H21NO5. The Bertz CT molecular complexity index is 984. The fourth-order valence-electron chi connectivity index (χ4n) is 2.68. The van der Waals surface area contributed by atoms with Crippen molar-refractivity contribution in [3.8, 4) is 11.5 Å². The van der Waals surface area contributed by atoms with Crippen LogP contribution in [0.2, 0.25) is 0 Å². The number of hydrogen-bond donors (Lipinski definition) is 2. The van der Waals surface area contributed by atoms with Crippen LogP contribution in [0.4, 0.5) is 5.69 Å². The maximum Gasteiger partial charge on any atom is 0.343 e. The normalized spacial score (nSPS) is 10.2. The minimum absolute atomic E-state index is 0.235. The lowest BCUT2D eigenvalue weighted by Gasteiger charge is -2.13. The van der Waals surface area contributed by atoms with E-state index in [0.717, 1.165) is 11.3 Å². The van der Waals surface area contributed by atoms with Crippen LogP contribution in [-0.4, -0.2) is 23.7 Å². The summed E-state index contributed by atoms with van der Waals surface area (Å²) in [5.41, 5.74) is 2.42. The summed E-state index contributed by atoms with van der Waals surface area (Å²) < 4.78 is 11.1. The van der Waals surface area contributed by atoms with Crippen LogP contribution in [0.15, 0.2) is 72.8 Å². The van der Waals surface area contributed by atoms with Gasteiger partial charge in [-0.15, -0.1) is 0 Å². The fourth-order valence-corrected chi connectivity index (χ4v) is 2.68. The Balaban J connectivity index is 1.70. The number of esters is 1. The molecule has 6 heteroatoms. The molecule has 0 fully saturated rings. The second-order valence-corrected chi connectivity index (χ2v) is 6.21. The number of carboxylic acid groups (broad SMARTS) is 1. The quantitative estimate of drug-likeness (QED) is 0.431. The number of benzene rings is 3. The number of anilines is 1. The first-order valence-corrected chi connectivity index (χ1v) is 9.17. The molecule has 0 aliphatic carbocycles. The van der Waals surface area contributed by atoms with Crippen LogP contribution in [0.25, 0.3) is 0 Å². The first-order chi connectivity index (χ1) is 14.1. The summed E-state index contributed by atoms with van der Waals surface area (Å²) in [4.78, 5) is 23.2. The molecule has 0 radical (unpaired) electrons. The van der Waals surface area contributed by atoms with Gasteiger partial charge in [-0.05, 0) is 61.0 Å². The smallest absolute Gasteiger partial charge is 0.343 e. The molecule has 0 aromatic heterocycles. The van der Waals surface area contributed by atoms with Crippen LogP contribution in [0, 0.1) is 0 Å². The summed E-state index contributed by atoms with van der Waals surface area (Å²) in [5, 5.41) is 12.2. The Morgan fingerprint density at radius 1 is 0.897 bits per heavy atom. The van der Waals surface area contributed by atoms with Crippen molar-refractivity contribution >= 4 is 17.6 Å². The maximum atomic E-state index is 12.3. The first-order valence-electron chi connectivity index (χ1n) is 9.17. The van der Waals surface area contributed by atoms with E-state index in [9.17, 15) is 9.59 Å². The fraction of sp³-hybridized carbons (Fsp3) is 0.130. The van der Waals surface area contributed by atoms with E-state index >= 15 is 0 Å². The van der Waals surface area contributed by atoms with Crippen molar-refractivity contribution in [1.29, 1.82) is 0 Å². The largest absolute Gasteiger partial charge is 0.490 e. The first kappa shape index (κ1) is 19.9. The van der Waals surface area contributed by atoms with E-state index in [2.05, 4.69) is 5.32 Å². The average molecular weight is 391 g/mol. The zero-order valence-corrected chi connectivity index (χ0v) is 15.9. The second-order valence-electron chi connectivity index (χ2n) is 6.21. The number of ether oxygens (including phenoxy) is 2. The second kappa shape index (κ2) is 9.41. The predicted octanol–water partition coefficient (Wildman–Crippen LogP) is 4.61. The van der Waals surface area contributed by atoms with Crippen LogP contribution in [0.1, 0.15) is 33.2 Å². The van der Waals surface area contributed by atoms with Crippen LogP contribution in [0.3, 0.4) is 0 Å². The number of carboxylic acids is 1. The monoisotopic (exact) mass is 391 g/mol. The molecule has 0 unspecified atom stereocenters. The van der Waals surface area contributed by atoms with E-state index in [1.54, 1.807) is 54.6 Å². The third kappa shape index (κ3) is 5.35. The average Bonchev–Trinajstić information content (AvgIpc) is 2.75. The van der Waals surface area contributed by atoms with Crippen molar-refractivity contribution in [2.45, 2.75) is 13.5 Å². The van der Waals surface area contributed by atoms with Gasteiger partial charge in [0.05, 0.1) is 17.7 Å². The molecule has 0 aliphatic heterocycles. The third-order valence-electron chi connectivity index (χ3n) is 4.15. The minimum Gasteiger partial charge on any atom is -0.490 e. The molecule has 0 spiro atoms. The van der Waals surface area contributed by atoms with Gasteiger partial charge < -0.3 is 19.9 Å². The molecule has 3 aromatic carbocycles. The molecule has 0 atom stereocenters. The molecule has 2 N–H and O–H groups in total. The number of rotatable bonds is 8. The highest BCUT2D eigenvalue weighted by Crippen LogP contribution is 2.29. The molecule has 3 aromatic rings. The Morgan fingerprint density at radius 2 is 1.62 bits per heavy atom. The molecule has 0 heterocycles. The van der Waals surface area contributed by atoms with Crippen molar-refractivity contribution in [2.75, 3.05) is 11.9 Å². The minimum atomic E-state index is -0.960. The number of carbonyl (C=O) groups excluding carboxylic acids is 1. The van der Waals surface area contributed by atoms with Gasteiger partial charge in [0.1, 0.15) is 0 Å². The van der Waals surface area contributed by atoms with Gasteiger partial charge in [0.25, 0.3) is 0 Å². The SMILES string of the molecule is CCOc1cc(CNc2ccc(C(=O)O)cc2)ccc1OC(=O)c1ccccc1. The lowest BCUT2D eigenvalue weighted by molar-refractivity contribution is 0.0694. The Labute approximate surface area is 168 Å². The molecule has 3 rings (SSSR count). The van der Waals surface area contributed by atoms with Crippen LogP contribution in [0.5, 0.6) is 11.5 Å². The zero-order valence-electron chi connectivity index (χ0n) is 15.9. The van der Waals surface area contributed by atoms with Crippen LogP contribution in [-0.2, 0) is 6.54 Å². The zero-order chi connectivity index (χ0) is 20.6. The molecule has 0 aliphatic rings. The molecule has 6 nitrogen and oxygen atoms in total. The maximum absolute atomic E-state index is 12.3. The summed E-state index contributed by atoms with van der Waals surface area (Å²) in [6.45, 7) is 2.79. The van der Waals surface area contributed by atoms with Gasteiger partial charge in [0, 0.05) is 12.2 Å². The Kier molecular flexibility index (Phi) is 6.47. The Hall–Kier alpha value is -3.80. The van der Waals surface area contributed by atoms with E-state index in [-0.39, 0.29) is 5.56 Å². The molecule has 0 amide bonds. The Morgan fingerprint density at radius 3 is 2.28 bits per heavy atom. The third-order valence-corrected chi connectivity index (χ3v) is 4.15. The summed E-state index contributed by atoms with van der Waals surface area (Å²) >= 11 is 0. The summed E-state index contributed by atoms with van der Waals surface area (Å²) in [7, 11) is 0. The highest BCUT2D eigenvalue weighted by Gasteiger charge is 2.13. The molecule has 0 bridgehead atoms. The standard InChI is InChI=1S/C23H21NO5/c1-2-28-21-14-16(15-24-19-11-9-17(10-12-19)22(25)26)8-13-20(21)29-23(27)18-6-4-3-5-7-18/h3-14,24H,2,15H2,1H3,(H,25,26). The van der Waals surface area contributed by atoms with Crippen molar-refractivity contribution in [2.24, 2.45) is 0 Å². The summed E-state index contributed by atoms with van der Waals surface area (Å²) in [6, 6.07) is 20.6. The van der Waals surface area contributed by atoms with Gasteiger partial charge in [-0.25, -0.2) is 9.59 Å². The van der Waals surface area contributed by atoms with E-state index in [4.69, 9.17) is 14.6 Å². The lowest BCUT2D eigenvalue weighted by Crippen LogP contribution is -2.10. The molecule has 148 valence electrons. The predicted molar refractivity (Wildman–Crippen MR) is 110 cm³/mol. The van der Waals surface area contributed by atoms with Crippen molar-refractivity contribution in [3.05, 3.63) is 89.5 Å². The molecule has 29 heavy (non-hydrogen) atoms. The molecule has 0 saturated carbocycles. The van der Waals surface area contributed by atoms with Gasteiger partial charge in [-0.1, -0.05) is 24.3 Å². The number of nitrogens with one attached hydrogen (secondary N) is 1. The summed E-state index contributed by atoms with van der Waals surface area (Å²) in [5.74, 6) is -0.568. The topological polar surface area (TPSA) is 84.9 Å². The number of carbonyl (C=O) groups is 2. The van der Waals surface area contributed by atoms with E-state index in [0.29, 0.717) is 30.2 Å². The van der Waals surface area contributed by atoms with Crippen LogP contribution < -0.4 is 14.8 Å². The lowest BCUT2D eigenvalue weighted by atomic mass is 10.1. The number of hydrogen-bond acceptors (Lipinski definition) is 5. The van der Waals surface area contributed by atoms with Gasteiger partial charge in [-0.2, -0.15) is 0 Å². The molecule has 0 saturated heterocycles. The van der Waals surface area contributed by atoms with Gasteiger partial charge >= 0.3 is 11.9 Å². The van der Waals surface area contributed by atoms with Crippen molar-refractivity contribution < 1.29 is 24.2 Å². The van der Waals surface area contributed by atoms with Crippen molar-refractivity contribution in [1.82, 2.24) is 0 Å². The van der Waals surface area contributed by atoms with Crippen LogP contribution >= 0.6 is 0 Å². The van der Waals surface area contributed by atoms with E-state index in [1.807, 2.05) is 25.1 Å². The summed E-state index contributed by atoms with van der Waals surface area (Å²) in [6.07, 6.45) is 0. The number of aromatic carboxylic acids is 1. The van der Waals surface area contributed by atoms with Gasteiger partial charge in [0.15, 0.2) is 11.5 Å². The highest BCUT2D eigenvalue weighted by atomic mass is 16.6. The van der Waals surface area contributed by atoms with Crippen molar-refractivity contribution in [3.63, 3.8) is 0 Å². The van der Waals surface area contributed by atoms with E-state index < -0.39 is 11.9 Å². The van der Waals surface area contributed by atoms with Gasteiger partial charge in [-0.3, -0.25) is 0 Å². The molecular weight excluding hydrogens is 370 g/mol. The highest BCUT2D eigenvalue weighted by molar-refractivity contribution is 5.91.